The molecule has 0 amide bonds. The van der Waals surface area contributed by atoms with E-state index in [4.69, 9.17) is 18.5 Å². The van der Waals surface area contributed by atoms with Crippen molar-refractivity contribution in [1.29, 1.82) is 0 Å². The Kier molecular flexibility index (Phi) is 35.1. The lowest BCUT2D eigenvalue weighted by Crippen LogP contribution is -2.64. The topological polar surface area (TPSA) is 227 Å². The number of unbranched alkanes of at least 4 members (excludes halogenated alkanes) is 13. The van der Waals surface area contributed by atoms with E-state index in [1.54, 1.807) is 12.2 Å². The van der Waals surface area contributed by atoms with Crippen molar-refractivity contribution in [2.45, 2.75) is 204 Å². The summed E-state index contributed by atoms with van der Waals surface area (Å²) in [5.41, 5.74) is 0. The highest BCUT2D eigenvalue weighted by molar-refractivity contribution is 7.47. The Morgan fingerprint density at radius 2 is 1.03 bits per heavy atom. The molecule has 1 aliphatic rings. The Labute approximate surface area is 382 Å². The van der Waals surface area contributed by atoms with E-state index >= 15 is 0 Å². The number of allylic oxidation sites excluding steroid dienone is 12. The molecule has 366 valence electrons. The molecule has 1 aliphatic carbocycles. The van der Waals surface area contributed by atoms with Crippen LogP contribution in [0, 0.1) is 0 Å². The van der Waals surface area contributed by atoms with Gasteiger partial charge >= 0.3 is 19.8 Å². The number of rotatable bonds is 38. The molecule has 0 aliphatic heterocycles. The molecule has 0 spiro atoms. The molecular formula is C49H81O14P. The highest BCUT2D eigenvalue weighted by Gasteiger charge is 2.51. The predicted molar refractivity (Wildman–Crippen MR) is 249 cm³/mol. The monoisotopic (exact) mass is 925 g/mol. The van der Waals surface area contributed by atoms with Gasteiger partial charge < -0.3 is 39.9 Å². The van der Waals surface area contributed by atoms with Gasteiger partial charge in [0, 0.05) is 19.3 Å². The van der Waals surface area contributed by atoms with Gasteiger partial charge in [0.1, 0.15) is 43.2 Å². The molecule has 1 saturated carbocycles. The molecule has 64 heavy (non-hydrogen) atoms. The van der Waals surface area contributed by atoms with E-state index in [1.807, 2.05) is 6.08 Å². The van der Waals surface area contributed by atoms with Gasteiger partial charge in [-0.15, -0.1) is 0 Å². The normalized spacial score (nSPS) is 22.1. The number of aliphatic hydroxyl groups is 5. The third-order valence-electron chi connectivity index (χ3n) is 10.5. The molecule has 0 aromatic heterocycles. The molecule has 6 N–H and O–H groups in total. The number of hydrogen-bond acceptors (Lipinski definition) is 13. The van der Waals surface area contributed by atoms with Crippen molar-refractivity contribution in [2.24, 2.45) is 0 Å². The lowest BCUT2D eigenvalue weighted by Gasteiger charge is -2.41. The maximum Gasteiger partial charge on any atom is 0.472 e. The first-order valence-corrected chi connectivity index (χ1v) is 25.2. The van der Waals surface area contributed by atoms with Gasteiger partial charge in [-0.2, -0.15) is 0 Å². The molecule has 3 unspecified atom stereocenters. The third-order valence-corrected chi connectivity index (χ3v) is 11.5. The second-order valence-electron chi connectivity index (χ2n) is 16.3. The molecule has 1 fully saturated rings. The highest BCUT2D eigenvalue weighted by atomic mass is 31.2. The average Bonchev–Trinajstić information content (AvgIpc) is 3.27. The van der Waals surface area contributed by atoms with Gasteiger partial charge in [-0.25, -0.2) is 4.57 Å². The number of ether oxygens (including phenoxy) is 2. The molecule has 0 aromatic carbocycles. The molecule has 15 heteroatoms. The van der Waals surface area contributed by atoms with E-state index in [0.29, 0.717) is 25.7 Å². The van der Waals surface area contributed by atoms with Crippen LogP contribution in [-0.2, 0) is 37.5 Å². The van der Waals surface area contributed by atoms with Crippen LogP contribution in [0.2, 0.25) is 0 Å². The Morgan fingerprint density at radius 3 is 1.62 bits per heavy atom. The van der Waals surface area contributed by atoms with Gasteiger partial charge in [0.15, 0.2) is 11.9 Å². The molecule has 0 saturated heterocycles. The number of aliphatic hydroxyl groups excluding tert-OH is 5. The van der Waals surface area contributed by atoms with Gasteiger partial charge in [-0.3, -0.25) is 23.4 Å². The zero-order chi connectivity index (χ0) is 47.3. The summed E-state index contributed by atoms with van der Waals surface area (Å²) in [5.74, 6) is -1.15. The van der Waals surface area contributed by atoms with Crippen molar-refractivity contribution in [3.63, 3.8) is 0 Å². The van der Waals surface area contributed by atoms with Crippen molar-refractivity contribution >= 4 is 25.5 Å². The second-order valence-corrected chi connectivity index (χ2v) is 17.7. The van der Waals surface area contributed by atoms with Crippen molar-refractivity contribution in [3.8, 4) is 0 Å². The number of carbonyl (C=O) groups is 3. The molecule has 14 nitrogen and oxygen atoms in total. The lowest BCUT2D eigenvalue weighted by molar-refractivity contribution is -0.220. The lowest BCUT2D eigenvalue weighted by atomic mass is 9.85. The van der Waals surface area contributed by atoms with Crippen LogP contribution in [-0.4, -0.2) is 104 Å². The summed E-state index contributed by atoms with van der Waals surface area (Å²) in [5, 5.41) is 50.2. The van der Waals surface area contributed by atoms with Crippen LogP contribution >= 0.6 is 7.82 Å². The fourth-order valence-corrected chi connectivity index (χ4v) is 7.64. The first-order valence-electron chi connectivity index (χ1n) is 23.7. The fraction of sp³-hybridized carbons (Fsp3) is 0.694. The highest BCUT2D eigenvalue weighted by Crippen LogP contribution is 2.47. The number of esters is 2. The van der Waals surface area contributed by atoms with Crippen LogP contribution < -0.4 is 0 Å². The maximum atomic E-state index is 12.8. The fourth-order valence-electron chi connectivity index (χ4n) is 6.67. The molecule has 8 atom stereocenters. The quantitative estimate of drug-likeness (QED) is 0.00851. The first kappa shape index (κ1) is 59.0. The van der Waals surface area contributed by atoms with E-state index in [0.717, 1.165) is 96.3 Å². The Bertz CT molecular complexity index is 1460. The van der Waals surface area contributed by atoms with Crippen LogP contribution in [0.15, 0.2) is 72.9 Å². The van der Waals surface area contributed by atoms with Crippen molar-refractivity contribution in [1.82, 2.24) is 0 Å². The summed E-state index contributed by atoms with van der Waals surface area (Å²) in [7, 11) is -5.16. The summed E-state index contributed by atoms with van der Waals surface area (Å²) in [6.07, 6.45) is 30.5. The largest absolute Gasteiger partial charge is 0.472 e. The zero-order valence-electron chi connectivity index (χ0n) is 38.5. The second kappa shape index (κ2) is 38.1. The summed E-state index contributed by atoms with van der Waals surface area (Å²) >= 11 is 0. The summed E-state index contributed by atoms with van der Waals surface area (Å²) in [6.45, 7) is 3.01. The zero-order valence-corrected chi connectivity index (χ0v) is 39.4. The van der Waals surface area contributed by atoms with Crippen LogP contribution in [0.1, 0.15) is 162 Å². The number of hydrogen-bond donors (Lipinski definition) is 6. The molecule has 0 bridgehead atoms. The van der Waals surface area contributed by atoms with E-state index in [9.17, 15) is 49.4 Å². The minimum Gasteiger partial charge on any atom is -0.462 e. The number of phosphoric acid groups is 1. The van der Waals surface area contributed by atoms with E-state index in [1.165, 1.54) is 12.8 Å². The maximum absolute atomic E-state index is 12.8. The smallest absolute Gasteiger partial charge is 0.462 e. The van der Waals surface area contributed by atoms with Crippen molar-refractivity contribution in [2.75, 3.05) is 13.2 Å². The summed E-state index contributed by atoms with van der Waals surface area (Å²) < 4.78 is 33.5. The Hall–Kier alpha value is -3.04. The summed E-state index contributed by atoms with van der Waals surface area (Å²) in [4.78, 5) is 47.8. The third kappa shape index (κ3) is 30.2. The number of phosphoric ester groups is 1. The molecular weight excluding hydrogens is 843 g/mol. The van der Waals surface area contributed by atoms with Crippen LogP contribution in [0.3, 0.4) is 0 Å². The first-order chi connectivity index (χ1) is 30.8. The Morgan fingerprint density at radius 1 is 0.547 bits per heavy atom. The van der Waals surface area contributed by atoms with Crippen molar-refractivity contribution < 1.29 is 67.9 Å². The SMILES string of the molecule is CC/C=C\C/C=C\C/C=C\C/C=C\CCCCCCCCC(=O)OC[C@H](COP(=O)(O)OC1[C@H](O)[C@H](O)C(O)[C@H](O)[C@H]1O)OC(=O)CCCCCCCC(=O)/C=C/C=C\CCCCC. The van der Waals surface area contributed by atoms with Gasteiger partial charge in [-0.05, 0) is 76.7 Å². The minimum atomic E-state index is -5.16. The standard InChI is InChI=1S/C49H81O14P/c1-3-5-7-9-11-12-13-14-15-16-17-18-19-20-21-22-24-28-32-36-42(51)60-38-41(39-61-64(58,59)63-49-47(56)45(54)44(53)46(55)48(49)57)62-43(52)37-33-29-25-27-31-35-40(50)34-30-26-23-10-8-6-4-2/h5,7,11-12,14-15,17-18,23,26,30,34,41,44-49,53-57H,3-4,6,8-10,13,16,19-22,24-25,27-29,31-33,35-39H2,1-2H3,(H,58,59)/b7-5-,12-11-,15-14-,18-17-,26-23-,34-30+/t41-,44?,45-,46+,47-,48-,49?/m1/s1. The number of ketones is 1. The molecule has 0 aromatic rings. The van der Waals surface area contributed by atoms with Gasteiger partial charge in [-0.1, -0.05) is 138 Å². The van der Waals surface area contributed by atoms with Crippen LogP contribution in [0.25, 0.3) is 0 Å². The molecule has 0 heterocycles. The Balaban J connectivity index is 2.49. The van der Waals surface area contributed by atoms with Crippen molar-refractivity contribution in [3.05, 3.63) is 72.9 Å². The van der Waals surface area contributed by atoms with Gasteiger partial charge in [0.25, 0.3) is 0 Å². The predicted octanol–water partition coefficient (Wildman–Crippen LogP) is 8.68. The van der Waals surface area contributed by atoms with E-state index < -0.39 is 75.7 Å². The molecule has 0 radical (unpaired) electrons. The average molecular weight is 925 g/mol. The van der Waals surface area contributed by atoms with Crippen LogP contribution in [0.4, 0.5) is 0 Å². The summed E-state index contributed by atoms with van der Waals surface area (Å²) in [6, 6.07) is 0. The van der Waals surface area contributed by atoms with E-state index in [-0.39, 0.29) is 18.6 Å². The van der Waals surface area contributed by atoms with Crippen LogP contribution in [0.5, 0.6) is 0 Å². The molecule has 1 rings (SSSR count). The van der Waals surface area contributed by atoms with Gasteiger partial charge in [0.2, 0.25) is 0 Å². The number of carbonyl (C=O) groups excluding carboxylic acids is 3. The minimum absolute atomic E-state index is 0.00595. The van der Waals surface area contributed by atoms with E-state index in [2.05, 4.69) is 68.5 Å². The van der Waals surface area contributed by atoms with Gasteiger partial charge in [0.05, 0.1) is 6.61 Å².